The van der Waals surface area contributed by atoms with Crippen LogP contribution in [0.4, 0.5) is 4.39 Å². The molecule has 124 valence electrons. The number of benzene rings is 1. The van der Waals surface area contributed by atoms with Crippen LogP contribution in [0.25, 0.3) is 0 Å². The van der Waals surface area contributed by atoms with E-state index in [1.807, 2.05) is 0 Å². The molecule has 5 nitrogen and oxygen atoms in total. The number of pyridine rings is 1. The lowest BCUT2D eigenvalue weighted by Gasteiger charge is -2.14. The molecular formula is C18H18FN3O2. The van der Waals surface area contributed by atoms with E-state index < -0.39 is 0 Å². The number of nitrogens with one attached hydrogen (secondary N) is 1. The van der Waals surface area contributed by atoms with Crippen LogP contribution < -0.4 is 5.32 Å². The van der Waals surface area contributed by atoms with Crippen molar-refractivity contribution in [3.8, 4) is 0 Å². The van der Waals surface area contributed by atoms with Gasteiger partial charge in [0.2, 0.25) is 0 Å². The van der Waals surface area contributed by atoms with E-state index in [-0.39, 0.29) is 35.6 Å². The molecule has 1 saturated heterocycles. The van der Waals surface area contributed by atoms with Crippen molar-refractivity contribution in [1.29, 1.82) is 0 Å². The van der Waals surface area contributed by atoms with E-state index in [0.717, 1.165) is 31.5 Å². The highest BCUT2D eigenvalue weighted by Gasteiger charge is 2.21. The molecule has 0 radical (unpaired) electrons. The summed E-state index contributed by atoms with van der Waals surface area (Å²) in [5, 5.41) is 2.72. The zero-order valence-corrected chi connectivity index (χ0v) is 13.2. The number of rotatable bonds is 4. The molecule has 3 rings (SSSR count). The molecule has 1 fully saturated rings. The second-order valence-electron chi connectivity index (χ2n) is 5.72. The number of amides is 2. The molecule has 0 unspecified atom stereocenters. The van der Waals surface area contributed by atoms with E-state index >= 15 is 0 Å². The van der Waals surface area contributed by atoms with Crippen molar-refractivity contribution in [2.24, 2.45) is 0 Å². The smallest absolute Gasteiger partial charge is 0.272 e. The highest BCUT2D eigenvalue weighted by Crippen LogP contribution is 2.12. The van der Waals surface area contributed by atoms with Crippen LogP contribution in [0.2, 0.25) is 0 Å². The Morgan fingerprint density at radius 1 is 1.04 bits per heavy atom. The summed E-state index contributed by atoms with van der Waals surface area (Å²) in [6.45, 7) is 1.74. The Kier molecular flexibility index (Phi) is 4.84. The van der Waals surface area contributed by atoms with E-state index in [0.29, 0.717) is 0 Å². The molecule has 2 heterocycles. The molecule has 1 aliphatic rings. The largest absolute Gasteiger partial charge is 0.347 e. The third-order valence-corrected chi connectivity index (χ3v) is 3.96. The van der Waals surface area contributed by atoms with Crippen LogP contribution in [-0.2, 0) is 6.54 Å². The lowest BCUT2D eigenvalue weighted by atomic mass is 10.2. The van der Waals surface area contributed by atoms with Crippen molar-refractivity contribution in [1.82, 2.24) is 15.2 Å². The number of carbonyl (C=O) groups is 2. The predicted molar refractivity (Wildman–Crippen MR) is 86.9 cm³/mol. The van der Waals surface area contributed by atoms with E-state index in [1.54, 1.807) is 35.2 Å². The lowest BCUT2D eigenvalue weighted by Crippen LogP contribution is -2.29. The van der Waals surface area contributed by atoms with Crippen LogP contribution in [0.1, 0.15) is 39.4 Å². The van der Waals surface area contributed by atoms with E-state index in [1.165, 1.54) is 12.1 Å². The summed E-state index contributed by atoms with van der Waals surface area (Å²) in [6.07, 6.45) is 2.01. The molecule has 1 N–H and O–H groups in total. The number of halogens is 1. The molecular weight excluding hydrogens is 309 g/mol. The molecule has 24 heavy (non-hydrogen) atoms. The molecule has 2 aromatic rings. The molecule has 0 saturated carbocycles. The Hall–Kier alpha value is -2.76. The Morgan fingerprint density at radius 2 is 1.71 bits per heavy atom. The first-order valence-electron chi connectivity index (χ1n) is 7.92. The fourth-order valence-electron chi connectivity index (χ4n) is 2.64. The highest BCUT2D eigenvalue weighted by atomic mass is 19.1. The van der Waals surface area contributed by atoms with Gasteiger partial charge in [-0.2, -0.15) is 0 Å². The predicted octanol–water partition coefficient (Wildman–Crippen LogP) is 2.39. The summed E-state index contributed by atoms with van der Waals surface area (Å²) >= 11 is 0. The molecule has 6 heteroatoms. The summed E-state index contributed by atoms with van der Waals surface area (Å²) < 4.78 is 12.9. The van der Waals surface area contributed by atoms with Gasteiger partial charge in [-0.05, 0) is 42.7 Å². The minimum atomic E-state index is -0.365. The van der Waals surface area contributed by atoms with Crippen molar-refractivity contribution < 1.29 is 14.0 Å². The normalized spacial score (nSPS) is 13.8. The van der Waals surface area contributed by atoms with Gasteiger partial charge in [-0.25, -0.2) is 9.37 Å². The standard InChI is InChI=1S/C18H18FN3O2/c19-14-8-6-13(7-9-14)12-20-17(23)15-4-3-5-16(21-15)18(24)22-10-1-2-11-22/h3-9H,1-2,10-12H2,(H,20,23). The monoisotopic (exact) mass is 327 g/mol. The minimum absolute atomic E-state index is 0.138. The van der Waals surface area contributed by atoms with Crippen molar-refractivity contribution in [2.75, 3.05) is 13.1 Å². The molecule has 1 aromatic carbocycles. The Morgan fingerprint density at radius 3 is 2.42 bits per heavy atom. The number of aromatic nitrogens is 1. The molecule has 1 aromatic heterocycles. The summed E-state index contributed by atoms with van der Waals surface area (Å²) in [4.78, 5) is 30.5. The SMILES string of the molecule is O=C(NCc1ccc(F)cc1)c1cccc(C(=O)N2CCCC2)n1. The molecule has 2 amide bonds. The maximum atomic E-state index is 12.9. The Balaban J connectivity index is 1.65. The fourth-order valence-corrected chi connectivity index (χ4v) is 2.64. The topological polar surface area (TPSA) is 62.3 Å². The Bertz CT molecular complexity index is 740. The van der Waals surface area contributed by atoms with E-state index in [9.17, 15) is 14.0 Å². The average molecular weight is 327 g/mol. The van der Waals surface area contributed by atoms with Gasteiger partial charge in [0.05, 0.1) is 0 Å². The van der Waals surface area contributed by atoms with E-state index in [2.05, 4.69) is 10.3 Å². The summed E-state index contributed by atoms with van der Waals surface area (Å²) in [7, 11) is 0. The molecule has 0 atom stereocenters. The zero-order chi connectivity index (χ0) is 16.9. The van der Waals surface area contributed by atoms with Crippen LogP contribution in [0, 0.1) is 5.82 Å². The van der Waals surface area contributed by atoms with Crippen LogP contribution in [-0.4, -0.2) is 34.8 Å². The number of hydrogen-bond donors (Lipinski definition) is 1. The van der Waals surface area contributed by atoms with Crippen LogP contribution in [0.3, 0.4) is 0 Å². The van der Waals surface area contributed by atoms with Gasteiger partial charge in [-0.1, -0.05) is 18.2 Å². The first-order chi connectivity index (χ1) is 11.6. The van der Waals surface area contributed by atoms with Crippen LogP contribution in [0.15, 0.2) is 42.5 Å². The number of carbonyl (C=O) groups excluding carboxylic acids is 2. The van der Waals surface area contributed by atoms with Gasteiger partial charge in [-0.15, -0.1) is 0 Å². The number of likely N-dealkylation sites (tertiary alicyclic amines) is 1. The molecule has 0 spiro atoms. The van der Waals surface area contributed by atoms with Crippen LogP contribution in [0.5, 0.6) is 0 Å². The fraction of sp³-hybridized carbons (Fsp3) is 0.278. The lowest BCUT2D eigenvalue weighted by molar-refractivity contribution is 0.0787. The second kappa shape index (κ2) is 7.21. The van der Waals surface area contributed by atoms with Crippen molar-refractivity contribution in [3.05, 3.63) is 65.2 Å². The maximum Gasteiger partial charge on any atom is 0.272 e. The molecule has 1 aliphatic heterocycles. The van der Waals surface area contributed by atoms with Gasteiger partial charge in [0.15, 0.2) is 0 Å². The zero-order valence-electron chi connectivity index (χ0n) is 13.2. The molecule has 0 aliphatic carbocycles. The third-order valence-electron chi connectivity index (χ3n) is 3.96. The Labute approximate surface area is 139 Å². The summed E-state index contributed by atoms with van der Waals surface area (Å²) in [6, 6.07) is 10.7. The molecule has 0 bridgehead atoms. The average Bonchev–Trinajstić information content (AvgIpc) is 3.15. The van der Waals surface area contributed by atoms with Crippen molar-refractivity contribution in [3.63, 3.8) is 0 Å². The van der Waals surface area contributed by atoms with Gasteiger partial charge in [0.25, 0.3) is 11.8 Å². The summed E-state index contributed by atoms with van der Waals surface area (Å²) in [5.41, 5.74) is 1.27. The number of hydrogen-bond acceptors (Lipinski definition) is 3. The van der Waals surface area contributed by atoms with Gasteiger partial charge in [-0.3, -0.25) is 9.59 Å². The van der Waals surface area contributed by atoms with E-state index in [4.69, 9.17) is 0 Å². The van der Waals surface area contributed by atoms with Crippen LogP contribution >= 0.6 is 0 Å². The quantitative estimate of drug-likeness (QED) is 0.938. The van der Waals surface area contributed by atoms with Gasteiger partial charge in [0.1, 0.15) is 17.2 Å². The van der Waals surface area contributed by atoms with Gasteiger partial charge in [0, 0.05) is 19.6 Å². The van der Waals surface area contributed by atoms with Crippen molar-refractivity contribution >= 4 is 11.8 Å². The highest BCUT2D eigenvalue weighted by molar-refractivity contribution is 5.96. The van der Waals surface area contributed by atoms with Crippen molar-refractivity contribution in [2.45, 2.75) is 19.4 Å². The number of nitrogens with zero attached hydrogens (tertiary/aromatic N) is 2. The minimum Gasteiger partial charge on any atom is -0.347 e. The van der Waals surface area contributed by atoms with Gasteiger partial charge >= 0.3 is 0 Å². The first-order valence-corrected chi connectivity index (χ1v) is 7.92. The summed E-state index contributed by atoms with van der Waals surface area (Å²) in [5.74, 6) is -0.823. The first kappa shape index (κ1) is 16.1. The maximum absolute atomic E-state index is 12.9. The third kappa shape index (κ3) is 3.76. The second-order valence-corrected chi connectivity index (χ2v) is 5.72. The van der Waals surface area contributed by atoms with Gasteiger partial charge < -0.3 is 10.2 Å².